The molecule has 1 aliphatic heterocycles. The maximum absolute atomic E-state index is 5.70. The first-order chi connectivity index (χ1) is 6.47. The molecule has 1 heterocycles. The molecular formula is C11H24ClN2+. The van der Waals surface area contributed by atoms with Gasteiger partial charge in [-0.05, 0) is 44.9 Å². The van der Waals surface area contributed by atoms with E-state index in [9.17, 15) is 0 Å². The molecule has 0 amide bonds. The normalized spacial score (nSPS) is 22.3. The van der Waals surface area contributed by atoms with Crippen LogP contribution in [0, 0.1) is 0 Å². The van der Waals surface area contributed by atoms with Crippen LogP contribution in [-0.4, -0.2) is 36.7 Å². The molecule has 1 rings (SSSR count). The standard InChI is InChI=1S/C11H24ClN2/c1-11(2,13-12)7-10-14(3)8-5-4-6-9-14/h13H,4-10H2,1-3H3/q+1. The van der Waals surface area contributed by atoms with Gasteiger partial charge in [0, 0.05) is 12.0 Å². The Balaban J connectivity index is 2.35. The number of hydrogen-bond acceptors (Lipinski definition) is 1. The van der Waals surface area contributed by atoms with Gasteiger partial charge in [-0.3, -0.25) is 0 Å². The average molecular weight is 220 g/mol. The molecule has 0 aliphatic carbocycles. The minimum atomic E-state index is 0.0697. The van der Waals surface area contributed by atoms with Gasteiger partial charge in [0.2, 0.25) is 0 Å². The van der Waals surface area contributed by atoms with Gasteiger partial charge in [0.15, 0.2) is 0 Å². The highest BCUT2D eigenvalue weighted by Gasteiger charge is 2.27. The van der Waals surface area contributed by atoms with E-state index < -0.39 is 0 Å². The van der Waals surface area contributed by atoms with E-state index in [0.29, 0.717) is 0 Å². The highest BCUT2D eigenvalue weighted by molar-refractivity contribution is 6.13. The van der Waals surface area contributed by atoms with Gasteiger partial charge >= 0.3 is 0 Å². The third-order valence-electron chi connectivity index (χ3n) is 3.43. The van der Waals surface area contributed by atoms with Gasteiger partial charge in [-0.1, -0.05) is 0 Å². The molecule has 14 heavy (non-hydrogen) atoms. The van der Waals surface area contributed by atoms with E-state index in [4.69, 9.17) is 11.8 Å². The Hall–Kier alpha value is 0.210. The third kappa shape index (κ3) is 3.76. The summed E-state index contributed by atoms with van der Waals surface area (Å²) in [5.74, 6) is 0. The van der Waals surface area contributed by atoms with Gasteiger partial charge in [0.25, 0.3) is 0 Å². The van der Waals surface area contributed by atoms with E-state index in [1.54, 1.807) is 0 Å². The summed E-state index contributed by atoms with van der Waals surface area (Å²) in [6.45, 7) is 8.26. The SMILES string of the molecule is CC(C)(CC[N+]1(C)CCCCC1)NCl. The quantitative estimate of drug-likeness (QED) is 0.566. The van der Waals surface area contributed by atoms with Crippen LogP contribution in [0.15, 0.2) is 0 Å². The maximum Gasteiger partial charge on any atom is 0.0802 e. The number of nitrogens with one attached hydrogen (secondary N) is 1. The molecule has 1 fully saturated rings. The summed E-state index contributed by atoms with van der Waals surface area (Å²) in [7, 11) is 2.38. The molecule has 0 radical (unpaired) electrons. The van der Waals surface area contributed by atoms with Crippen molar-refractivity contribution in [3.8, 4) is 0 Å². The highest BCUT2D eigenvalue weighted by atomic mass is 35.5. The molecule has 0 saturated carbocycles. The Morgan fingerprint density at radius 1 is 1.21 bits per heavy atom. The number of rotatable bonds is 4. The van der Waals surface area contributed by atoms with Crippen molar-refractivity contribution in [2.75, 3.05) is 26.7 Å². The largest absolute Gasteiger partial charge is 0.326 e. The second kappa shape index (κ2) is 4.82. The zero-order valence-electron chi connectivity index (χ0n) is 9.77. The van der Waals surface area contributed by atoms with Crippen molar-refractivity contribution in [3.05, 3.63) is 0 Å². The maximum atomic E-state index is 5.70. The molecule has 0 aromatic carbocycles. The Bertz CT molecular complexity index is 174. The summed E-state index contributed by atoms with van der Waals surface area (Å²) < 4.78 is 1.24. The number of likely N-dealkylation sites (tertiary alicyclic amines) is 1. The molecule has 2 nitrogen and oxygen atoms in total. The summed E-state index contributed by atoms with van der Waals surface area (Å²) in [6.07, 6.45) is 5.36. The van der Waals surface area contributed by atoms with Gasteiger partial charge in [0.05, 0.1) is 26.7 Å². The number of halogens is 1. The van der Waals surface area contributed by atoms with Crippen molar-refractivity contribution in [2.24, 2.45) is 0 Å². The van der Waals surface area contributed by atoms with Gasteiger partial charge in [-0.15, -0.1) is 0 Å². The minimum Gasteiger partial charge on any atom is -0.326 e. The lowest BCUT2D eigenvalue weighted by molar-refractivity contribution is -0.914. The lowest BCUT2D eigenvalue weighted by Gasteiger charge is -2.39. The van der Waals surface area contributed by atoms with Crippen LogP contribution in [0.3, 0.4) is 0 Å². The Morgan fingerprint density at radius 2 is 1.79 bits per heavy atom. The van der Waals surface area contributed by atoms with Crippen molar-refractivity contribution in [1.29, 1.82) is 0 Å². The van der Waals surface area contributed by atoms with Crippen LogP contribution in [-0.2, 0) is 0 Å². The Kier molecular flexibility index (Phi) is 4.23. The van der Waals surface area contributed by atoms with E-state index in [1.807, 2.05) is 0 Å². The molecule has 0 aromatic heterocycles. The van der Waals surface area contributed by atoms with Gasteiger partial charge in [-0.2, -0.15) is 0 Å². The molecule has 0 unspecified atom stereocenters. The van der Waals surface area contributed by atoms with Crippen LogP contribution < -0.4 is 4.84 Å². The summed E-state index contributed by atoms with van der Waals surface area (Å²) in [4.78, 5) is 2.86. The predicted molar refractivity (Wildman–Crippen MR) is 62.3 cm³/mol. The zero-order chi connectivity index (χ0) is 10.7. The Morgan fingerprint density at radius 3 is 2.29 bits per heavy atom. The van der Waals surface area contributed by atoms with E-state index in [1.165, 1.54) is 43.4 Å². The first kappa shape index (κ1) is 12.3. The molecule has 0 aromatic rings. The first-order valence-electron chi connectivity index (χ1n) is 5.69. The van der Waals surface area contributed by atoms with Crippen LogP contribution >= 0.6 is 11.8 Å². The lowest BCUT2D eigenvalue weighted by atomic mass is 10.00. The monoisotopic (exact) mass is 219 g/mol. The number of hydrogen-bond donors (Lipinski definition) is 1. The molecule has 1 saturated heterocycles. The molecule has 0 bridgehead atoms. The van der Waals surface area contributed by atoms with Crippen LogP contribution in [0.1, 0.15) is 39.5 Å². The summed E-state index contributed by atoms with van der Waals surface area (Å²) >= 11 is 5.70. The van der Waals surface area contributed by atoms with Crippen molar-refractivity contribution in [3.63, 3.8) is 0 Å². The smallest absolute Gasteiger partial charge is 0.0802 e. The molecule has 84 valence electrons. The van der Waals surface area contributed by atoms with Gasteiger partial charge in [-0.25, -0.2) is 4.84 Å². The first-order valence-corrected chi connectivity index (χ1v) is 6.07. The van der Waals surface area contributed by atoms with Crippen molar-refractivity contribution < 1.29 is 4.48 Å². The van der Waals surface area contributed by atoms with Crippen LogP contribution in [0.2, 0.25) is 0 Å². The van der Waals surface area contributed by atoms with Crippen LogP contribution in [0.4, 0.5) is 0 Å². The van der Waals surface area contributed by atoms with Crippen molar-refractivity contribution in [1.82, 2.24) is 4.84 Å². The topological polar surface area (TPSA) is 12.0 Å². The molecule has 1 aliphatic rings. The zero-order valence-corrected chi connectivity index (χ0v) is 10.5. The lowest BCUT2D eigenvalue weighted by Crippen LogP contribution is -2.51. The van der Waals surface area contributed by atoms with Crippen molar-refractivity contribution in [2.45, 2.75) is 45.1 Å². The third-order valence-corrected chi connectivity index (χ3v) is 3.94. The van der Waals surface area contributed by atoms with Crippen LogP contribution in [0.5, 0.6) is 0 Å². The molecule has 3 heteroatoms. The fourth-order valence-electron chi connectivity index (χ4n) is 2.10. The summed E-state index contributed by atoms with van der Waals surface area (Å²) in [5.41, 5.74) is 0.0697. The number of nitrogens with zero attached hydrogens (tertiary/aromatic N) is 1. The van der Waals surface area contributed by atoms with E-state index >= 15 is 0 Å². The molecule has 1 N–H and O–H groups in total. The van der Waals surface area contributed by atoms with E-state index in [2.05, 4.69) is 25.7 Å². The van der Waals surface area contributed by atoms with E-state index in [-0.39, 0.29) is 5.54 Å². The van der Waals surface area contributed by atoms with E-state index in [0.717, 1.165) is 6.42 Å². The minimum absolute atomic E-state index is 0.0697. The average Bonchev–Trinajstić information content (AvgIpc) is 2.17. The predicted octanol–water partition coefficient (Wildman–Crippen LogP) is 2.53. The highest BCUT2D eigenvalue weighted by Crippen LogP contribution is 2.19. The fraction of sp³-hybridized carbons (Fsp3) is 1.00. The van der Waals surface area contributed by atoms with Crippen LogP contribution in [0.25, 0.3) is 0 Å². The summed E-state index contributed by atoms with van der Waals surface area (Å²) in [5, 5.41) is 0. The Labute approximate surface area is 93.3 Å². The van der Waals surface area contributed by atoms with Gasteiger partial charge in [0.1, 0.15) is 0 Å². The summed E-state index contributed by atoms with van der Waals surface area (Å²) in [6, 6.07) is 0. The molecule has 0 spiro atoms. The second-order valence-electron chi connectivity index (χ2n) is 5.58. The van der Waals surface area contributed by atoms with Gasteiger partial charge < -0.3 is 4.48 Å². The number of quaternary nitrogens is 1. The molecule has 0 atom stereocenters. The second-order valence-corrected chi connectivity index (χ2v) is 5.77. The number of piperidine rings is 1. The van der Waals surface area contributed by atoms with Crippen molar-refractivity contribution >= 4 is 11.8 Å². The fourth-order valence-corrected chi connectivity index (χ4v) is 2.19. The molecular weight excluding hydrogens is 196 g/mol.